The van der Waals surface area contributed by atoms with Crippen molar-refractivity contribution in [3.8, 4) is 38.6 Å². The molecule has 0 aliphatic carbocycles. The summed E-state index contributed by atoms with van der Waals surface area (Å²) in [6, 6.07) is 24.1. The van der Waals surface area contributed by atoms with Crippen LogP contribution in [0, 0.1) is 18.3 Å². The van der Waals surface area contributed by atoms with Gasteiger partial charge in [0, 0.05) is 62.5 Å². The Bertz CT molecular complexity index is 2370. The number of nitrogens with one attached hydrogen (secondary N) is 1. The summed E-state index contributed by atoms with van der Waals surface area (Å²) in [6.07, 6.45) is 1.49. The Morgan fingerprint density at radius 3 is 2.24 bits per heavy atom. The molecule has 5 aromatic rings. The van der Waals surface area contributed by atoms with Crippen LogP contribution in [0.4, 0.5) is 11.5 Å². The van der Waals surface area contributed by atoms with E-state index in [1.54, 1.807) is 28.4 Å². The van der Waals surface area contributed by atoms with Crippen LogP contribution >= 0.6 is 11.3 Å². The standard InChI is InChI=1S/C49H61N9O4S/c1-31(34-10-12-36(13-11-34)44-32(2)51-30-63-44)52-47(61)42-26-38(59)29-58(42)48(62)45(49(3,4)5)57-20-18-33(19-21-57)28-55-22-24-56(25-23-55)37-16-14-35(15-17-37)40-27-41(53-54-46(40)50)39-8-6-7-9-43(39)60/h6-17,27,30-31,33,38,42,45,59-60H,18-26,28-29H2,1-5H3,(H2,50,54)(H,52,61)/t31-,38+,42-,45?/m0/s1. The highest BCUT2D eigenvalue weighted by Gasteiger charge is 2.46. The zero-order valence-electron chi connectivity index (χ0n) is 37.1. The van der Waals surface area contributed by atoms with Gasteiger partial charge in [-0.2, -0.15) is 0 Å². The lowest BCUT2D eigenvalue weighted by Crippen LogP contribution is -2.59. The van der Waals surface area contributed by atoms with E-state index in [1.807, 2.05) is 49.7 Å². The number of anilines is 2. The van der Waals surface area contributed by atoms with E-state index in [1.165, 1.54) is 5.69 Å². The minimum atomic E-state index is -0.747. The first-order valence-electron chi connectivity index (χ1n) is 22.3. The van der Waals surface area contributed by atoms with Crippen molar-refractivity contribution in [1.82, 2.24) is 35.2 Å². The third kappa shape index (κ3) is 9.89. The molecule has 2 amide bonds. The van der Waals surface area contributed by atoms with Gasteiger partial charge in [-0.05, 0) is 98.1 Å². The number of aliphatic hydroxyl groups is 1. The molecule has 0 spiro atoms. The monoisotopic (exact) mass is 871 g/mol. The number of piperidine rings is 1. The van der Waals surface area contributed by atoms with Crippen molar-refractivity contribution < 1.29 is 19.8 Å². The van der Waals surface area contributed by atoms with Crippen LogP contribution in [-0.4, -0.2) is 122 Å². The van der Waals surface area contributed by atoms with Crippen molar-refractivity contribution in [2.45, 2.75) is 78.1 Å². The summed E-state index contributed by atoms with van der Waals surface area (Å²) in [7, 11) is 0. The number of carbonyl (C=O) groups excluding carboxylic acids is 2. The predicted molar refractivity (Wildman–Crippen MR) is 250 cm³/mol. The van der Waals surface area contributed by atoms with Gasteiger partial charge in [-0.25, -0.2) is 4.98 Å². The first-order chi connectivity index (χ1) is 30.2. The van der Waals surface area contributed by atoms with Gasteiger partial charge in [0.25, 0.3) is 0 Å². The largest absolute Gasteiger partial charge is 0.507 e. The van der Waals surface area contributed by atoms with Crippen molar-refractivity contribution in [1.29, 1.82) is 0 Å². The molecule has 5 heterocycles. The molecule has 63 heavy (non-hydrogen) atoms. The van der Waals surface area contributed by atoms with Gasteiger partial charge in [0.05, 0.1) is 40.0 Å². The number of aryl methyl sites for hydroxylation is 1. The molecular weight excluding hydrogens is 811 g/mol. The second-order valence-corrected chi connectivity index (χ2v) is 19.5. The second kappa shape index (κ2) is 18.7. The van der Waals surface area contributed by atoms with Crippen molar-refractivity contribution >= 4 is 34.7 Å². The molecule has 3 aliphatic heterocycles. The van der Waals surface area contributed by atoms with E-state index >= 15 is 0 Å². The van der Waals surface area contributed by atoms with Crippen LogP contribution in [0.3, 0.4) is 0 Å². The Morgan fingerprint density at radius 1 is 0.905 bits per heavy atom. The number of phenolic OH excluding ortho intramolecular Hbond substituents is 1. The number of piperazine rings is 1. The predicted octanol–water partition coefficient (Wildman–Crippen LogP) is 6.62. The first kappa shape index (κ1) is 44.2. The molecule has 0 bridgehead atoms. The fraction of sp³-hybridized carbons (Fsp3) is 0.449. The number of aromatic nitrogens is 3. The number of nitrogens with two attached hydrogens (primary N) is 1. The Kier molecular flexibility index (Phi) is 13.2. The normalized spacial score (nSPS) is 20.2. The number of carbonyl (C=O) groups is 2. The number of nitrogen functional groups attached to an aromatic ring is 1. The van der Waals surface area contributed by atoms with Crippen molar-refractivity contribution in [2.75, 3.05) is 63.0 Å². The number of hydrogen-bond acceptors (Lipinski definition) is 12. The number of benzene rings is 3. The number of thiazole rings is 1. The average molecular weight is 872 g/mol. The molecule has 0 saturated carbocycles. The lowest BCUT2D eigenvalue weighted by atomic mass is 9.82. The molecule has 5 N–H and O–H groups in total. The molecule has 13 nitrogen and oxygen atoms in total. The summed E-state index contributed by atoms with van der Waals surface area (Å²) < 4.78 is 0. The molecular formula is C49H61N9O4S. The number of rotatable bonds is 11. The maximum atomic E-state index is 14.6. The number of phenols is 1. The van der Waals surface area contributed by atoms with Crippen LogP contribution in [0.2, 0.25) is 0 Å². The fourth-order valence-electron chi connectivity index (χ4n) is 9.69. The van der Waals surface area contributed by atoms with Crippen LogP contribution in [0.15, 0.2) is 84.4 Å². The van der Waals surface area contributed by atoms with E-state index in [4.69, 9.17) is 5.73 Å². The molecule has 14 heteroatoms. The van der Waals surface area contributed by atoms with Gasteiger partial charge < -0.3 is 31.1 Å². The summed E-state index contributed by atoms with van der Waals surface area (Å²) in [5, 5.41) is 32.7. The van der Waals surface area contributed by atoms with E-state index in [-0.39, 0.29) is 42.0 Å². The lowest BCUT2D eigenvalue weighted by molar-refractivity contribution is -0.147. The maximum absolute atomic E-state index is 14.6. The minimum absolute atomic E-state index is 0.0723. The number of para-hydroxylation sites is 1. The summed E-state index contributed by atoms with van der Waals surface area (Å²) in [5.74, 6) is 0.725. The molecule has 3 aliphatic rings. The van der Waals surface area contributed by atoms with E-state index in [9.17, 15) is 19.8 Å². The Labute approximate surface area is 375 Å². The van der Waals surface area contributed by atoms with Crippen molar-refractivity contribution in [3.63, 3.8) is 0 Å². The number of aromatic hydroxyl groups is 1. The van der Waals surface area contributed by atoms with Crippen molar-refractivity contribution in [2.24, 2.45) is 11.3 Å². The highest BCUT2D eigenvalue weighted by Crippen LogP contribution is 2.35. The molecule has 4 atom stereocenters. The fourth-order valence-corrected chi connectivity index (χ4v) is 10.5. The number of amides is 2. The van der Waals surface area contributed by atoms with Gasteiger partial charge in [-0.15, -0.1) is 21.5 Å². The van der Waals surface area contributed by atoms with Crippen LogP contribution in [0.5, 0.6) is 5.75 Å². The molecule has 3 aromatic carbocycles. The van der Waals surface area contributed by atoms with Crippen molar-refractivity contribution in [3.05, 3.63) is 95.6 Å². The molecule has 1 unspecified atom stereocenters. The van der Waals surface area contributed by atoms with Crippen LogP contribution < -0.4 is 16.0 Å². The van der Waals surface area contributed by atoms with Gasteiger partial charge >= 0.3 is 0 Å². The van der Waals surface area contributed by atoms with Gasteiger partial charge in [0.2, 0.25) is 11.8 Å². The molecule has 2 aromatic heterocycles. The number of hydrogen-bond donors (Lipinski definition) is 4. The molecule has 8 rings (SSSR count). The van der Waals surface area contributed by atoms with E-state index in [0.717, 1.165) is 91.5 Å². The van der Waals surface area contributed by atoms with Crippen LogP contribution in [-0.2, 0) is 9.59 Å². The van der Waals surface area contributed by atoms with Gasteiger partial charge in [0.15, 0.2) is 5.82 Å². The number of β-amino-alcohol motifs (C(OH)–C–C–N with tert-alkyl or cyclic N) is 1. The molecule has 0 radical (unpaired) electrons. The Balaban J connectivity index is 0.829. The van der Waals surface area contributed by atoms with Crippen LogP contribution in [0.25, 0.3) is 32.8 Å². The molecule has 3 saturated heterocycles. The quantitative estimate of drug-likeness (QED) is 0.113. The maximum Gasteiger partial charge on any atom is 0.243 e. The Morgan fingerprint density at radius 2 is 1.59 bits per heavy atom. The highest BCUT2D eigenvalue weighted by atomic mass is 32.1. The summed E-state index contributed by atoms with van der Waals surface area (Å²) in [5.41, 5.74) is 14.9. The van der Waals surface area contributed by atoms with E-state index < -0.39 is 18.2 Å². The van der Waals surface area contributed by atoms with Crippen LogP contribution in [0.1, 0.15) is 64.3 Å². The average Bonchev–Trinajstić information content (AvgIpc) is 3.90. The molecule has 3 fully saturated rings. The SMILES string of the molecule is Cc1ncsc1-c1ccc([C@H](C)NC(=O)[C@@H]2C[C@@H](O)CN2C(=O)C(N2CCC(CN3CCN(c4ccc(-c5cc(-c6ccccc6O)nnc5N)cc4)CC3)CC2)C(C)(C)C)cc1. The Hall–Kier alpha value is -5.41. The lowest BCUT2D eigenvalue weighted by Gasteiger charge is -2.45. The summed E-state index contributed by atoms with van der Waals surface area (Å²) in [4.78, 5) is 42.9. The zero-order valence-corrected chi connectivity index (χ0v) is 37.9. The summed E-state index contributed by atoms with van der Waals surface area (Å²) >= 11 is 1.61. The first-order valence-corrected chi connectivity index (χ1v) is 23.1. The highest BCUT2D eigenvalue weighted by molar-refractivity contribution is 7.13. The topological polar surface area (TPSA) is 164 Å². The smallest absolute Gasteiger partial charge is 0.243 e. The van der Waals surface area contributed by atoms with Gasteiger partial charge in [-0.3, -0.25) is 19.4 Å². The van der Waals surface area contributed by atoms with E-state index in [0.29, 0.717) is 23.0 Å². The third-order valence-corrected chi connectivity index (χ3v) is 14.1. The molecule has 332 valence electrons. The number of aliphatic hydroxyl groups excluding tert-OH is 1. The number of nitrogens with zero attached hydrogens (tertiary/aromatic N) is 7. The zero-order chi connectivity index (χ0) is 44.4. The third-order valence-electron chi connectivity index (χ3n) is 13.1. The summed E-state index contributed by atoms with van der Waals surface area (Å²) in [6.45, 7) is 16.9. The van der Waals surface area contributed by atoms with Gasteiger partial charge in [-0.1, -0.05) is 69.3 Å². The van der Waals surface area contributed by atoms with Gasteiger partial charge in [0.1, 0.15) is 11.8 Å². The van der Waals surface area contributed by atoms with E-state index in [2.05, 4.69) is 92.4 Å². The second-order valence-electron chi connectivity index (χ2n) is 18.6. The number of likely N-dealkylation sites (tertiary alicyclic amines) is 2. The minimum Gasteiger partial charge on any atom is -0.507 e.